The molecular weight excluding hydrogens is 262 g/mol. The molecule has 21 heavy (non-hydrogen) atoms. The van der Waals surface area contributed by atoms with E-state index in [9.17, 15) is 0 Å². The molecule has 116 valence electrons. The summed E-state index contributed by atoms with van der Waals surface area (Å²) >= 11 is 0. The zero-order chi connectivity index (χ0) is 14.8. The molecule has 1 saturated heterocycles. The Bertz CT molecular complexity index is 483. The van der Waals surface area contributed by atoms with Gasteiger partial charge in [0.05, 0.1) is 12.2 Å². The molecule has 1 unspecified atom stereocenters. The molecule has 2 aliphatic rings. The molecule has 1 N–H and O–H groups in total. The van der Waals surface area contributed by atoms with Crippen LogP contribution in [0.5, 0.6) is 5.75 Å². The van der Waals surface area contributed by atoms with Crippen molar-refractivity contribution in [2.75, 3.05) is 42.5 Å². The summed E-state index contributed by atoms with van der Waals surface area (Å²) < 4.78 is 6.21. The van der Waals surface area contributed by atoms with Crippen LogP contribution in [0.2, 0.25) is 0 Å². The van der Waals surface area contributed by atoms with E-state index in [1.54, 1.807) is 0 Å². The van der Waals surface area contributed by atoms with Crippen LogP contribution in [-0.4, -0.2) is 44.9 Å². The van der Waals surface area contributed by atoms with E-state index in [0.717, 1.165) is 44.9 Å². The number of piperazine rings is 1. The third-order valence-corrected chi connectivity index (χ3v) is 4.50. The highest BCUT2D eigenvalue weighted by Gasteiger charge is 2.30. The molecule has 0 radical (unpaired) electrons. The summed E-state index contributed by atoms with van der Waals surface area (Å²) in [5.74, 6) is 1.05. The molecule has 2 heterocycles. The second kappa shape index (κ2) is 6.14. The van der Waals surface area contributed by atoms with Crippen LogP contribution in [0.25, 0.3) is 0 Å². The fourth-order valence-corrected chi connectivity index (χ4v) is 3.26. The number of nitrogens with zero attached hydrogens (tertiary/aromatic N) is 2. The van der Waals surface area contributed by atoms with Gasteiger partial charge in [0, 0.05) is 32.2 Å². The number of benzene rings is 1. The Morgan fingerprint density at radius 2 is 2.05 bits per heavy atom. The van der Waals surface area contributed by atoms with E-state index in [-0.39, 0.29) is 0 Å². The van der Waals surface area contributed by atoms with Gasteiger partial charge in [0.15, 0.2) is 0 Å². The van der Waals surface area contributed by atoms with Gasteiger partial charge >= 0.3 is 0 Å². The van der Waals surface area contributed by atoms with Crippen LogP contribution in [0.15, 0.2) is 18.2 Å². The van der Waals surface area contributed by atoms with Crippen molar-refractivity contribution in [1.82, 2.24) is 5.32 Å². The van der Waals surface area contributed by atoms with E-state index < -0.39 is 0 Å². The average molecular weight is 289 g/mol. The maximum absolute atomic E-state index is 6.21. The van der Waals surface area contributed by atoms with E-state index in [4.69, 9.17) is 4.74 Å². The van der Waals surface area contributed by atoms with E-state index in [2.05, 4.69) is 54.1 Å². The molecule has 2 aliphatic heterocycles. The lowest BCUT2D eigenvalue weighted by molar-refractivity contribution is 0.186. The Morgan fingerprint density at radius 3 is 2.71 bits per heavy atom. The number of fused-ring (bicyclic) bond motifs is 1. The second-order valence-corrected chi connectivity index (χ2v) is 6.26. The zero-order valence-electron chi connectivity index (χ0n) is 13.4. The molecule has 1 fully saturated rings. The van der Waals surface area contributed by atoms with Crippen LogP contribution < -0.4 is 19.9 Å². The van der Waals surface area contributed by atoms with Crippen LogP contribution in [0.1, 0.15) is 27.2 Å². The van der Waals surface area contributed by atoms with E-state index in [1.807, 2.05) is 0 Å². The molecule has 0 amide bonds. The largest absolute Gasteiger partial charge is 0.486 e. The van der Waals surface area contributed by atoms with E-state index >= 15 is 0 Å². The van der Waals surface area contributed by atoms with Crippen LogP contribution >= 0.6 is 0 Å². The minimum absolute atomic E-state index is 0.304. The average Bonchev–Trinajstić information content (AvgIpc) is 2.53. The first-order chi connectivity index (χ1) is 10.2. The normalized spacial score (nSPS) is 22.2. The monoisotopic (exact) mass is 289 g/mol. The van der Waals surface area contributed by atoms with Crippen molar-refractivity contribution in [3.05, 3.63) is 18.2 Å². The van der Waals surface area contributed by atoms with Gasteiger partial charge in [-0.3, -0.25) is 0 Å². The number of nitrogens with one attached hydrogen (secondary N) is 1. The molecule has 3 rings (SSSR count). The second-order valence-electron chi connectivity index (χ2n) is 6.26. The van der Waals surface area contributed by atoms with Crippen LogP contribution in [0, 0.1) is 0 Å². The van der Waals surface area contributed by atoms with E-state index in [1.165, 1.54) is 11.4 Å². The summed E-state index contributed by atoms with van der Waals surface area (Å²) in [5, 5.41) is 3.43. The van der Waals surface area contributed by atoms with Crippen molar-refractivity contribution in [2.24, 2.45) is 0 Å². The molecule has 0 bridgehead atoms. The Kier molecular flexibility index (Phi) is 4.24. The SMILES string of the molecule is CCC1CN(C(C)C)c2c(cccc2N2CCNCC2)O1. The molecule has 0 spiro atoms. The Balaban J connectivity index is 1.99. The number of rotatable bonds is 3. The standard InChI is InChI=1S/C17H27N3O/c1-4-14-12-20(13(2)3)17-15(6-5-7-16(17)21-14)19-10-8-18-9-11-19/h5-7,13-14,18H,4,8-12H2,1-3H3. The molecule has 4 heteroatoms. The zero-order valence-corrected chi connectivity index (χ0v) is 13.4. The van der Waals surface area contributed by atoms with Gasteiger partial charge in [0.1, 0.15) is 17.5 Å². The quantitative estimate of drug-likeness (QED) is 0.925. The van der Waals surface area contributed by atoms with Gasteiger partial charge in [0.2, 0.25) is 0 Å². The maximum Gasteiger partial charge on any atom is 0.145 e. The Labute approximate surface area is 128 Å². The van der Waals surface area contributed by atoms with E-state index in [0.29, 0.717) is 12.1 Å². The molecule has 1 atom stereocenters. The first-order valence-electron chi connectivity index (χ1n) is 8.22. The van der Waals surface area contributed by atoms with Crippen LogP contribution in [0.4, 0.5) is 11.4 Å². The molecule has 1 aromatic rings. The number of anilines is 2. The first kappa shape index (κ1) is 14.5. The predicted molar refractivity (Wildman–Crippen MR) is 88.7 cm³/mol. The number of hydrogen-bond acceptors (Lipinski definition) is 4. The molecule has 0 aliphatic carbocycles. The lowest BCUT2D eigenvalue weighted by Gasteiger charge is -2.42. The minimum atomic E-state index is 0.304. The van der Waals surface area contributed by atoms with Crippen molar-refractivity contribution in [3.63, 3.8) is 0 Å². The summed E-state index contributed by atoms with van der Waals surface area (Å²) in [6.07, 6.45) is 1.36. The lowest BCUT2D eigenvalue weighted by Crippen LogP contribution is -2.47. The van der Waals surface area contributed by atoms with Crippen molar-refractivity contribution in [2.45, 2.75) is 39.3 Å². The fraction of sp³-hybridized carbons (Fsp3) is 0.647. The third kappa shape index (κ3) is 2.82. The lowest BCUT2D eigenvalue weighted by atomic mass is 10.1. The Hall–Kier alpha value is -1.42. The van der Waals surface area contributed by atoms with Gasteiger partial charge in [-0.25, -0.2) is 0 Å². The first-order valence-corrected chi connectivity index (χ1v) is 8.22. The van der Waals surface area contributed by atoms with Crippen molar-refractivity contribution >= 4 is 11.4 Å². The van der Waals surface area contributed by atoms with Crippen molar-refractivity contribution in [1.29, 1.82) is 0 Å². The summed E-state index contributed by atoms with van der Waals surface area (Å²) in [6, 6.07) is 6.99. The van der Waals surface area contributed by atoms with Gasteiger partial charge in [-0.15, -0.1) is 0 Å². The maximum atomic E-state index is 6.21. The number of hydrogen-bond donors (Lipinski definition) is 1. The summed E-state index contributed by atoms with van der Waals surface area (Å²) in [7, 11) is 0. The van der Waals surface area contributed by atoms with Crippen LogP contribution in [-0.2, 0) is 0 Å². The van der Waals surface area contributed by atoms with Gasteiger partial charge in [-0.1, -0.05) is 13.0 Å². The van der Waals surface area contributed by atoms with Gasteiger partial charge in [-0.2, -0.15) is 0 Å². The topological polar surface area (TPSA) is 27.7 Å². The van der Waals surface area contributed by atoms with Crippen LogP contribution in [0.3, 0.4) is 0 Å². The summed E-state index contributed by atoms with van der Waals surface area (Å²) in [5.41, 5.74) is 2.62. The minimum Gasteiger partial charge on any atom is -0.486 e. The number of para-hydroxylation sites is 1. The molecule has 4 nitrogen and oxygen atoms in total. The number of ether oxygens (including phenoxy) is 1. The molecule has 1 aromatic carbocycles. The Morgan fingerprint density at radius 1 is 1.29 bits per heavy atom. The highest BCUT2D eigenvalue weighted by Crippen LogP contribution is 2.43. The predicted octanol–water partition coefficient (Wildman–Crippen LogP) is 2.48. The van der Waals surface area contributed by atoms with Gasteiger partial charge in [0.25, 0.3) is 0 Å². The summed E-state index contributed by atoms with van der Waals surface area (Å²) in [4.78, 5) is 5.00. The fourth-order valence-electron chi connectivity index (χ4n) is 3.26. The summed E-state index contributed by atoms with van der Waals surface area (Å²) in [6.45, 7) is 12.0. The third-order valence-electron chi connectivity index (χ3n) is 4.50. The smallest absolute Gasteiger partial charge is 0.145 e. The molecule has 0 saturated carbocycles. The highest BCUT2D eigenvalue weighted by atomic mass is 16.5. The molecular formula is C17H27N3O. The van der Waals surface area contributed by atoms with Gasteiger partial charge in [-0.05, 0) is 32.4 Å². The molecule has 0 aromatic heterocycles. The highest BCUT2D eigenvalue weighted by molar-refractivity contribution is 5.79. The van der Waals surface area contributed by atoms with Gasteiger partial charge < -0.3 is 19.9 Å². The van der Waals surface area contributed by atoms with Crippen molar-refractivity contribution in [3.8, 4) is 5.75 Å². The van der Waals surface area contributed by atoms with Crippen molar-refractivity contribution < 1.29 is 4.74 Å².